The Labute approximate surface area is 49.5 Å². The average Bonchev–Trinajstić information content (AvgIpc) is 2.51. The standard InChI is InChI=1S/C6H10N2/c7-4-1-5-8-6-2-3-6/h6,8H,1-3,5H2/p+1. The van der Waals surface area contributed by atoms with Gasteiger partial charge in [-0.1, -0.05) is 0 Å². The SMILES string of the molecule is N#CCC[NH2+]C1CC1. The zero-order chi connectivity index (χ0) is 5.82. The van der Waals surface area contributed by atoms with E-state index >= 15 is 0 Å². The number of nitrogens with two attached hydrogens (primary N) is 1. The molecule has 0 aromatic heterocycles. The summed E-state index contributed by atoms with van der Waals surface area (Å²) in [5.74, 6) is 0. The Morgan fingerprint density at radius 1 is 1.62 bits per heavy atom. The van der Waals surface area contributed by atoms with E-state index in [9.17, 15) is 0 Å². The van der Waals surface area contributed by atoms with Crippen molar-refractivity contribution in [2.24, 2.45) is 0 Å². The first-order chi connectivity index (χ1) is 3.93. The van der Waals surface area contributed by atoms with Crippen LogP contribution in [0.4, 0.5) is 0 Å². The van der Waals surface area contributed by atoms with E-state index in [-0.39, 0.29) is 0 Å². The molecule has 44 valence electrons. The van der Waals surface area contributed by atoms with Crippen LogP contribution in [-0.4, -0.2) is 12.6 Å². The molecule has 2 heteroatoms. The minimum absolute atomic E-state index is 0.705. The molecule has 0 aromatic carbocycles. The molecule has 1 aliphatic rings. The summed E-state index contributed by atoms with van der Waals surface area (Å²) in [5.41, 5.74) is 0. The summed E-state index contributed by atoms with van der Waals surface area (Å²) in [6.07, 6.45) is 3.44. The average molecular weight is 111 g/mol. The van der Waals surface area contributed by atoms with Crippen molar-refractivity contribution in [2.45, 2.75) is 25.3 Å². The third-order valence-corrected chi connectivity index (χ3v) is 1.38. The summed E-state index contributed by atoms with van der Waals surface area (Å²) < 4.78 is 0. The maximum atomic E-state index is 8.13. The van der Waals surface area contributed by atoms with Crippen molar-refractivity contribution in [1.29, 1.82) is 5.26 Å². The molecule has 0 aliphatic heterocycles. The van der Waals surface area contributed by atoms with Gasteiger partial charge in [0.05, 0.1) is 25.1 Å². The van der Waals surface area contributed by atoms with E-state index in [0.717, 1.165) is 12.6 Å². The molecule has 2 nitrogen and oxygen atoms in total. The van der Waals surface area contributed by atoms with E-state index in [1.807, 2.05) is 0 Å². The lowest BCUT2D eigenvalue weighted by Crippen LogP contribution is -2.85. The van der Waals surface area contributed by atoms with Gasteiger partial charge in [0.15, 0.2) is 0 Å². The van der Waals surface area contributed by atoms with E-state index < -0.39 is 0 Å². The van der Waals surface area contributed by atoms with Crippen LogP contribution in [0.25, 0.3) is 0 Å². The Morgan fingerprint density at radius 3 is 2.88 bits per heavy atom. The third-order valence-electron chi connectivity index (χ3n) is 1.38. The van der Waals surface area contributed by atoms with Gasteiger partial charge in [0.2, 0.25) is 0 Å². The van der Waals surface area contributed by atoms with Crippen molar-refractivity contribution in [1.82, 2.24) is 0 Å². The van der Waals surface area contributed by atoms with Crippen LogP contribution in [-0.2, 0) is 0 Å². The molecule has 0 bridgehead atoms. The van der Waals surface area contributed by atoms with Gasteiger partial charge in [-0.3, -0.25) is 0 Å². The topological polar surface area (TPSA) is 40.4 Å². The minimum Gasteiger partial charge on any atom is -0.343 e. The fourth-order valence-corrected chi connectivity index (χ4v) is 0.716. The fraction of sp³-hybridized carbons (Fsp3) is 0.833. The molecule has 0 aromatic rings. The fourth-order valence-electron chi connectivity index (χ4n) is 0.716. The molecule has 0 heterocycles. The molecule has 1 fully saturated rings. The number of quaternary nitrogens is 1. The van der Waals surface area contributed by atoms with Crippen LogP contribution in [0.15, 0.2) is 0 Å². The molecule has 0 atom stereocenters. The number of nitrogens with zero attached hydrogens (tertiary/aromatic N) is 1. The molecule has 0 radical (unpaired) electrons. The lowest BCUT2D eigenvalue weighted by atomic mass is 10.4. The Bertz CT molecular complexity index is 99.6. The van der Waals surface area contributed by atoms with Gasteiger partial charge >= 0.3 is 0 Å². The van der Waals surface area contributed by atoms with Gasteiger partial charge in [0.1, 0.15) is 0 Å². The largest absolute Gasteiger partial charge is 0.343 e. The number of hydrogen-bond acceptors (Lipinski definition) is 1. The highest BCUT2D eigenvalue weighted by molar-refractivity contribution is 4.71. The van der Waals surface area contributed by atoms with E-state index in [2.05, 4.69) is 11.4 Å². The second kappa shape index (κ2) is 2.68. The van der Waals surface area contributed by atoms with Gasteiger partial charge in [0.25, 0.3) is 0 Å². The first-order valence-corrected chi connectivity index (χ1v) is 3.14. The highest BCUT2D eigenvalue weighted by atomic mass is 14.9. The van der Waals surface area contributed by atoms with E-state index in [1.54, 1.807) is 0 Å². The van der Waals surface area contributed by atoms with Crippen LogP contribution in [0.1, 0.15) is 19.3 Å². The quantitative estimate of drug-likeness (QED) is 0.496. The predicted molar refractivity (Wildman–Crippen MR) is 30.0 cm³/mol. The molecule has 2 N–H and O–H groups in total. The maximum Gasteiger partial charge on any atom is 0.0889 e. The summed E-state index contributed by atoms with van der Waals surface area (Å²) in [6.45, 7) is 1.00. The van der Waals surface area contributed by atoms with Crippen LogP contribution in [0.3, 0.4) is 0 Å². The summed E-state index contributed by atoms with van der Waals surface area (Å²) in [6, 6.07) is 3.00. The van der Waals surface area contributed by atoms with Crippen LogP contribution >= 0.6 is 0 Å². The van der Waals surface area contributed by atoms with Crippen LogP contribution < -0.4 is 5.32 Å². The molecule has 1 rings (SSSR count). The Balaban J connectivity index is 1.83. The molecule has 8 heavy (non-hydrogen) atoms. The van der Waals surface area contributed by atoms with Crippen LogP contribution in [0.5, 0.6) is 0 Å². The zero-order valence-corrected chi connectivity index (χ0v) is 4.93. The molecule has 1 aliphatic carbocycles. The highest BCUT2D eigenvalue weighted by Gasteiger charge is 2.24. The lowest BCUT2D eigenvalue weighted by molar-refractivity contribution is -0.667. The van der Waals surface area contributed by atoms with Gasteiger partial charge < -0.3 is 5.32 Å². The Hall–Kier alpha value is -0.550. The second-order valence-electron chi connectivity index (χ2n) is 2.27. The van der Waals surface area contributed by atoms with Crippen molar-refractivity contribution >= 4 is 0 Å². The summed E-state index contributed by atoms with van der Waals surface area (Å²) in [7, 11) is 0. The van der Waals surface area contributed by atoms with Crippen molar-refractivity contribution in [3.05, 3.63) is 0 Å². The van der Waals surface area contributed by atoms with Gasteiger partial charge in [-0.2, -0.15) is 5.26 Å². The molecule has 0 spiro atoms. The van der Waals surface area contributed by atoms with Gasteiger partial charge in [-0.05, 0) is 0 Å². The Morgan fingerprint density at radius 2 is 2.38 bits per heavy atom. The minimum atomic E-state index is 0.705. The molecule has 0 unspecified atom stereocenters. The first kappa shape index (κ1) is 5.58. The van der Waals surface area contributed by atoms with E-state index in [1.165, 1.54) is 12.8 Å². The van der Waals surface area contributed by atoms with Crippen molar-refractivity contribution < 1.29 is 5.32 Å². The maximum absolute atomic E-state index is 8.13. The molecular formula is C6H11N2+. The van der Waals surface area contributed by atoms with Crippen LogP contribution in [0.2, 0.25) is 0 Å². The molecule has 0 amide bonds. The predicted octanol–water partition coefficient (Wildman–Crippen LogP) is -0.374. The monoisotopic (exact) mass is 111 g/mol. The highest BCUT2D eigenvalue weighted by Crippen LogP contribution is 2.13. The number of hydrogen-bond donors (Lipinski definition) is 1. The number of rotatable bonds is 3. The van der Waals surface area contributed by atoms with Gasteiger partial charge in [-0.15, -0.1) is 0 Å². The van der Waals surface area contributed by atoms with E-state index in [0.29, 0.717) is 6.42 Å². The normalized spacial score (nSPS) is 17.9. The third kappa shape index (κ3) is 1.94. The second-order valence-corrected chi connectivity index (χ2v) is 2.27. The summed E-state index contributed by atoms with van der Waals surface area (Å²) in [4.78, 5) is 0. The van der Waals surface area contributed by atoms with Gasteiger partial charge in [-0.25, -0.2) is 0 Å². The smallest absolute Gasteiger partial charge is 0.0889 e. The summed E-state index contributed by atoms with van der Waals surface area (Å²) in [5, 5.41) is 10.4. The zero-order valence-electron chi connectivity index (χ0n) is 4.93. The van der Waals surface area contributed by atoms with Crippen molar-refractivity contribution in [3.8, 4) is 6.07 Å². The molecule has 0 saturated heterocycles. The van der Waals surface area contributed by atoms with E-state index in [4.69, 9.17) is 5.26 Å². The van der Waals surface area contributed by atoms with Gasteiger partial charge in [0, 0.05) is 12.8 Å². The first-order valence-electron chi connectivity index (χ1n) is 3.14. The summed E-state index contributed by atoms with van der Waals surface area (Å²) >= 11 is 0. The Kier molecular flexibility index (Phi) is 1.87. The van der Waals surface area contributed by atoms with Crippen molar-refractivity contribution in [3.63, 3.8) is 0 Å². The lowest BCUT2D eigenvalue weighted by Gasteiger charge is -1.90. The molecular weight excluding hydrogens is 100 g/mol. The number of nitriles is 1. The van der Waals surface area contributed by atoms with Crippen molar-refractivity contribution in [2.75, 3.05) is 6.54 Å². The molecule has 1 saturated carbocycles. The van der Waals surface area contributed by atoms with Crippen LogP contribution in [0, 0.1) is 11.3 Å².